The molecule has 0 saturated carbocycles. The molecule has 0 aliphatic carbocycles. The first-order valence-corrected chi connectivity index (χ1v) is 7.98. The Bertz CT molecular complexity index is 1110. The Morgan fingerprint density at radius 2 is 1.56 bits per heavy atom. The normalized spacial score (nSPS) is 14.0. The van der Waals surface area contributed by atoms with Crippen LogP contribution < -0.4 is 9.64 Å². The average Bonchev–Trinajstić information content (AvgIpc) is 2.89. The Labute approximate surface area is 151 Å². The SMILES string of the molecule is COc1cccc2cc3c(cc12)C(=O)N(c1ccccc1C(F)(F)F)C3=O. The topological polar surface area (TPSA) is 46.6 Å². The molecule has 0 unspecified atom stereocenters. The van der Waals surface area contributed by atoms with Crippen molar-refractivity contribution in [3.05, 3.63) is 71.3 Å². The average molecular weight is 371 g/mol. The van der Waals surface area contributed by atoms with Gasteiger partial charge in [0.15, 0.2) is 0 Å². The minimum absolute atomic E-state index is 0.0500. The number of rotatable bonds is 2. The molecule has 1 heterocycles. The number of halogens is 3. The molecule has 0 atom stereocenters. The number of fused-ring (bicyclic) bond motifs is 2. The Balaban J connectivity index is 1.91. The summed E-state index contributed by atoms with van der Waals surface area (Å²) < 4.78 is 45.3. The molecule has 0 saturated heterocycles. The summed E-state index contributed by atoms with van der Waals surface area (Å²) in [6.45, 7) is 0. The number of anilines is 1. The number of carbonyl (C=O) groups excluding carboxylic acids is 2. The molecule has 136 valence electrons. The summed E-state index contributed by atoms with van der Waals surface area (Å²) in [5.74, 6) is -1.07. The van der Waals surface area contributed by atoms with Crippen molar-refractivity contribution >= 4 is 28.3 Å². The number of amides is 2. The maximum absolute atomic E-state index is 13.3. The van der Waals surface area contributed by atoms with Gasteiger partial charge in [0.2, 0.25) is 0 Å². The highest BCUT2D eigenvalue weighted by atomic mass is 19.4. The van der Waals surface area contributed by atoms with Crippen LogP contribution in [0.15, 0.2) is 54.6 Å². The fourth-order valence-electron chi connectivity index (χ4n) is 3.29. The monoisotopic (exact) mass is 371 g/mol. The minimum Gasteiger partial charge on any atom is -0.496 e. The number of hydrogen-bond donors (Lipinski definition) is 0. The summed E-state index contributed by atoms with van der Waals surface area (Å²) in [6, 6.07) is 12.7. The zero-order chi connectivity index (χ0) is 19.3. The summed E-state index contributed by atoms with van der Waals surface area (Å²) >= 11 is 0. The van der Waals surface area contributed by atoms with E-state index in [2.05, 4.69) is 0 Å². The van der Waals surface area contributed by atoms with Crippen molar-refractivity contribution in [3.8, 4) is 5.75 Å². The third-order valence-corrected chi connectivity index (χ3v) is 4.52. The fraction of sp³-hybridized carbons (Fsp3) is 0.100. The molecule has 4 nitrogen and oxygen atoms in total. The molecule has 27 heavy (non-hydrogen) atoms. The number of carbonyl (C=O) groups is 2. The van der Waals surface area contributed by atoms with Crippen LogP contribution in [0, 0.1) is 0 Å². The minimum atomic E-state index is -4.69. The predicted molar refractivity (Wildman–Crippen MR) is 93.1 cm³/mol. The first-order valence-electron chi connectivity index (χ1n) is 7.98. The largest absolute Gasteiger partial charge is 0.496 e. The molecule has 7 heteroatoms. The quantitative estimate of drug-likeness (QED) is 0.615. The van der Waals surface area contributed by atoms with E-state index < -0.39 is 29.2 Å². The Morgan fingerprint density at radius 1 is 0.889 bits per heavy atom. The molecule has 0 N–H and O–H groups in total. The van der Waals surface area contributed by atoms with Crippen molar-refractivity contribution in [2.45, 2.75) is 6.18 Å². The lowest BCUT2D eigenvalue weighted by molar-refractivity contribution is -0.137. The maximum Gasteiger partial charge on any atom is 0.418 e. The van der Waals surface area contributed by atoms with Gasteiger partial charge in [-0.15, -0.1) is 0 Å². The lowest BCUT2D eigenvalue weighted by atomic mass is 10.0. The van der Waals surface area contributed by atoms with Crippen LogP contribution >= 0.6 is 0 Å². The van der Waals surface area contributed by atoms with E-state index in [4.69, 9.17) is 4.74 Å². The highest BCUT2D eigenvalue weighted by molar-refractivity contribution is 6.35. The summed E-state index contributed by atoms with van der Waals surface area (Å²) in [4.78, 5) is 26.2. The summed E-state index contributed by atoms with van der Waals surface area (Å²) in [5, 5.41) is 1.26. The third kappa shape index (κ3) is 2.54. The van der Waals surface area contributed by atoms with E-state index in [1.807, 2.05) is 0 Å². The fourth-order valence-corrected chi connectivity index (χ4v) is 3.29. The number of ether oxygens (including phenoxy) is 1. The molecule has 1 aliphatic rings. The van der Waals surface area contributed by atoms with Crippen molar-refractivity contribution in [2.24, 2.45) is 0 Å². The lowest BCUT2D eigenvalue weighted by Crippen LogP contribution is -2.31. The van der Waals surface area contributed by atoms with Gasteiger partial charge in [-0.05, 0) is 35.7 Å². The first kappa shape index (κ1) is 17.1. The molecule has 2 amide bonds. The van der Waals surface area contributed by atoms with Crippen molar-refractivity contribution in [3.63, 3.8) is 0 Å². The highest BCUT2D eigenvalue weighted by Crippen LogP contribution is 2.40. The Hall–Kier alpha value is -3.35. The Kier molecular flexibility index (Phi) is 3.69. The van der Waals surface area contributed by atoms with E-state index in [9.17, 15) is 22.8 Å². The van der Waals surface area contributed by atoms with E-state index in [0.717, 1.165) is 12.1 Å². The smallest absolute Gasteiger partial charge is 0.418 e. The Morgan fingerprint density at radius 3 is 2.22 bits per heavy atom. The van der Waals surface area contributed by atoms with Gasteiger partial charge in [0.1, 0.15) is 5.75 Å². The van der Waals surface area contributed by atoms with Crippen molar-refractivity contribution in [2.75, 3.05) is 12.0 Å². The van der Waals surface area contributed by atoms with Crippen molar-refractivity contribution in [1.29, 1.82) is 0 Å². The van der Waals surface area contributed by atoms with E-state index in [1.54, 1.807) is 18.2 Å². The van der Waals surface area contributed by atoms with E-state index in [1.165, 1.54) is 31.4 Å². The zero-order valence-electron chi connectivity index (χ0n) is 14.0. The highest BCUT2D eigenvalue weighted by Gasteiger charge is 2.42. The van der Waals surface area contributed by atoms with E-state index in [-0.39, 0.29) is 11.1 Å². The second-order valence-corrected chi connectivity index (χ2v) is 6.04. The lowest BCUT2D eigenvalue weighted by Gasteiger charge is -2.19. The number of imide groups is 1. The van der Waals surface area contributed by atoms with E-state index in [0.29, 0.717) is 21.4 Å². The van der Waals surface area contributed by atoms with Crippen LogP contribution in [0.5, 0.6) is 5.75 Å². The van der Waals surface area contributed by atoms with Crippen LogP contribution in [0.4, 0.5) is 18.9 Å². The van der Waals surface area contributed by atoms with E-state index >= 15 is 0 Å². The van der Waals surface area contributed by atoms with Crippen LogP contribution in [0.2, 0.25) is 0 Å². The van der Waals surface area contributed by atoms with Crippen LogP contribution in [0.1, 0.15) is 26.3 Å². The first-order chi connectivity index (χ1) is 12.8. The standard InChI is InChI=1S/C20H12F3NO3/c1-27-17-8-4-5-11-9-13-14(10-12(11)17)19(26)24(18(13)25)16-7-3-2-6-15(16)20(21,22)23/h2-10H,1H3. The van der Waals surface area contributed by atoms with Gasteiger partial charge in [-0.25, -0.2) is 4.90 Å². The molecule has 0 radical (unpaired) electrons. The number of nitrogens with zero attached hydrogens (tertiary/aromatic N) is 1. The van der Waals surface area contributed by atoms with Crippen molar-refractivity contribution < 1.29 is 27.5 Å². The van der Waals surface area contributed by atoms with Gasteiger partial charge in [0, 0.05) is 5.39 Å². The number of methoxy groups -OCH3 is 1. The van der Waals surface area contributed by atoms with Crippen LogP contribution in [0.25, 0.3) is 10.8 Å². The number of benzene rings is 3. The van der Waals surface area contributed by atoms with Gasteiger partial charge in [-0.3, -0.25) is 9.59 Å². The van der Waals surface area contributed by atoms with Crippen LogP contribution in [-0.4, -0.2) is 18.9 Å². The van der Waals surface area contributed by atoms with Crippen LogP contribution in [0.3, 0.4) is 0 Å². The van der Waals surface area contributed by atoms with Gasteiger partial charge in [-0.2, -0.15) is 13.2 Å². The van der Waals surface area contributed by atoms with Gasteiger partial charge < -0.3 is 4.74 Å². The van der Waals surface area contributed by atoms with Gasteiger partial charge in [0.05, 0.1) is 29.5 Å². The van der Waals surface area contributed by atoms with Crippen molar-refractivity contribution in [1.82, 2.24) is 0 Å². The molecule has 0 aromatic heterocycles. The van der Waals surface area contributed by atoms with Gasteiger partial charge in [0.25, 0.3) is 11.8 Å². The molecular formula is C20H12F3NO3. The predicted octanol–water partition coefficient (Wildman–Crippen LogP) is 4.67. The molecule has 0 bridgehead atoms. The summed E-state index contributed by atoms with van der Waals surface area (Å²) in [6.07, 6.45) is -4.69. The number of hydrogen-bond acceptors (Lipinski definition) is 3. The molecule has 3 aromatic rings. The van der Waals surface area contributed by atoms with Gasteiger partial charge >= 0.3 is 6.18 Å². The summed E-state index contributed by atoms with van der Waals surface area (Å²) in [5.41, 5.74) is -1.40. The molecule has 0 fully saturated rings. The molecule has 1 aliphatic heterocycles. The maximum atomic E-state index is 13.3. The molecule has 0 spiro atoms. The molecule has 3 aromatic carbocycles. The second kappa shape index (κ2) is 5.84. The second-order valence-electron chi connectivity index (χ2n) is 6.04. The molecular weight excluding hydrogens is 359 g/mol. The zero-order valence-corrected chi connectivity index (χ0v) is 14.0. The third-order valence-electron chi connectivity index (χ3n) is 4.52. The van der Waals surface area contributed by atoms with Gasteiger partial charge in [-0.1, -0.05) is 24.3 Å². The number of para-hydroxylation sites is 1. The molecule has 4 rings (SSSR count). The van der Waals surface area contributed by atoms with Crippen LogP contribution in [-0.2, 0) is 6.18 Å². The number of alkyl halides is 3. The summed E-state index contributed by atoms with van der Waals surface area (Å²) in [7, 11) is 1.47.